The number of aromatic nitrogens is 2. The molecule has 1 heterocycles. The van der Waals surface area contributed by atoms with Crippen LogP contribution in [0.5, 0.6) is 0 Å². The smallest absolute Gasteiger partial charge is 0.0919 e. The van der Waals surface area contributed by atoms with Gasteiger partial charge in [0.15, 0.2) is 0 Å². The topological polar surface area (TPSA) is 28.7 Å². The first-order valence-electron chi connectivity index (χ1n) is 3.63. The van der Waals surface area contributed by atoms with E-state index in [0.29, 0.717) is 0 Å². The standard InChI is InChI=1S/C5H11.C3H4N2/c1-3-5-4-2;1-2-5-3-4-1/h1,3-5H2,2H3;1-3H,(H,4,5). The van der Waals surface area contributed by atoms with E-state index in [4.69, 9.17) is 0 Å². The van der Waals surface area contributed by atoms with Crippen molar-refractivity contribution in [2.45, 2.75) is 26.2 Å². The Morgan fingerprint density at radius 3 is 2.50 bits per heavy atom. The molecule has 0 aliphatic rings. The zero-order chi connectivity index (χ0) is 7.66. The minimum absolute atomic E-state index is 1.09. The molecular formula is C8H15N2. The van der Waals surface area contributed by atoms with Crippen LogP contribution in [0.2, 0.25) is 0 Å². The number of nitrogens with one attached hydrogen (secondary N) is 1. The molecule has 0 unspecified atom stereocenters. The third-order valence-electron chi connectivity index (χ3n) is 1.01. The molecule has 0 aromatic carbocycles. The molecule has 0 atom stereocenters. The van der Waals surface area contributed by atoms with Crippen LogP contribution in [0.3, 0.4) is 0 Å². The third kappa shape index (κ3) is 7.21. The normalized spacial score (nSPS) is 8.20. The molecule has 0 aliphatic carbocycles. The maximum Gasteiger partial charge on any atom is 0.0919 e. The Hall–Kier alpha value is -0.790. The number of H-pyrrole nitrogens is 1. The second-order valence-corrected chi connectivity index (χ2v) is 1.97. The van der Waals surface area contributed by atoms with E-state index in [1.165, 1.54) is 12.8 Å². The number of nitrogens with zero attached hydrogens (tertiary/aromatic N) is 1. The monoisotopic (exact) mass is 139 g/mol. The Bertz CT molecular complexity index is 93.6. The molecule has 1 radical (unpaired) electrons. The lowest BCUT2D eigenvalue weighted by molar-refractivity contribution is 0.813. The largest absolute Gasteiger partial charge is 0.351 e. The number of hydrogen-bond acceptors (Lipinski definition) is 1. The van der Waals surface area contributed by atoms with Crippen LogP contribution in [0.25, 0.3) is 0 Å². The quantitative estimate of drug-likeness (QED) is 0.669. The van der Waals surface area contributed by atoms with Gasteiger partial charge in [0.25, 0.3) is 0 Å². The highest BCUT2D eigenvalue weighted by atomic mass is 14.8. The van der Waals surface area contributed by atoms with Crippen LogP contribution < -0.4 is 0 Å². The molecule has 1 aromatic heterocycles. The molecule has 0 fully saturated rings. The van der Waals surface area contributed by atoms with E-state index in [9.17, 15) is 0 Å². The highest BCUT2D eigenvalue weighted by molar-refractivity contribution is 4.64. The molecule has 57 valence electrons. The Morgan fingerprint density at radius 2 is 2.40 bits per heavy atom. The van der Waals surface area contributed by atoms with Gasteiger partial charge in [0.1, 0.15) is 0 Å². The van der Waals surface area contributed by atoms with Gasteiger partial charge in [-0.05, 0) is 0 Å². The van der Waals surface area contributed by atoms with Crippen LogP contribution in [0.15, 0.2) is 18.7 Å². The van der Waals surface area contributed by atoms with Crippen LogP contribution in [-0.2, 0) is 0 Å². The summed E-state index contributed by atoms with van der Waals surface area (Å²) in [5.74, 6) is 0. The van der Waals surface area contributed by atoms with E-state index in [-0.39, 0.29) is 0 Å². The maximum atomic E-state index is 3.68. The van der Waals surface area contributed by atoms with Gasteiger partial charge in [-0.15, -0.1) is 0 Å². The molecule has 1 rings (SSSR count). The van der Waals surface area contributed by atoms with Crippen molar-refractivity contribution in [3.8, 4) is 0 Å². The second-order valence-electron chi connectivity index (χ2n) is 1.97. The molecule has 0 bridgehead atoms. The molecule has 0 saturated carbocycles. The van der Waals surface area contributed by atoms with E-state index in [1.807, 2.05) is 0 Å². The SMILES string of the molecule is [CH2]CCCC.c1c[nH]cn1. The van der Waals surface area contributed by atoms with E-state index in [0.717, 1.165) is 6.42 Å². The summed E-state index contributed by atoms with van der Waals surface area (Å²) in [5, 5.41) is 0. The van der Waals surface area contributed by atoms with Gasteiger partial charge in [-0.1, -0.05) is 33.1 Å². The van der Waals surface area contributed by atoms with E-state index in [1.54, 1.807) is 18.7 Å². The first kappa shape index (κ1) is 9.21. The molecule has 0 amide bonds. The number of rotatable bonds is 2. The lowest BCUT2D eigenvalue weighted by Crippen LogP contribution is -1.59. The predicted molar refractivity (Wildman–Crippen MR) is 43.5 cm³/mol. The van der Waals surface area contributed by atoms with Crippen LogP contribution in [0.4, 0.5) is 0 Å². The minimum Gasteiger partial charge on any atom is -0.351 e. The van der Waals surface area contributed by atoms with Crippen molar-refractivity contribution in [1.29, 1.82) is 0 Å². The number of imidazole rings is 1. The summed E-state index contributed by atoms with van der Waals surface area (Å²) in [5.41, 5.74) is 0. The summed E-state index contributed by atoms with van der Waals surface area (Å²) in [4.78, 5) is 6.42. The number of aromatic amines is 1. The molecule has 2 nitrogen and oxygen atoms in total. The van der Waals surface area contributed by atoms with Gasteiger partial charge < -0.3 is 4.98 Å². The van der Waals surface area contributed by atoms with Crippen molar-refractivity contribution in [2.24, 2.45) is 0 Å². The van der Waals surface area contributed by atoms with Crippen molar-refractivity contribution in [3.05, 3.63) is 25.6 Å². The first-order valence-corrected chi connectivity index (χ1v) is 3.63. The summed E-state index contributed by atoms with van der Waals surface area (Å²) >= 11 is 0. The molecular weight excluding hydrogens is 124 g/mol. The van der Waals surface area contributed by atoms with Crippen molar-refractivity contribution in [1.82, 2.24) is 9.97 Å². The average Bonchev–Trinajstić information content (AvgIpc) is 2.44. The average molecular weight is 139 g/mol. The Kier molecular flexibility index (Phi) is 7.56. The lowest BCUT2D eigenvalue weighted by atomic mass is 10.3. The first-order chi connectivity index (χ1) is 4.91. The summed E-state index contributed by atoms with van der Waals surface area (Å²) < 4.78 is 0. The van der Waals surface area contributed by atoms with Gasteiger partial charge >= 0.3 is 0 Å². The zero-order valence-electron chi connectivity index (χ0n) is 6.51. The van der Waals surface area contributed by atoms with Gasteiger partial charge in [0, 0.05) is 12.4 Å². The van der Waals surface area contributed by atoms with E-state index in [2.05, 4.69) is 23.8 Å². The molecule has 0 aliphatic heterocycles. The van der Waals surface area contributed by atoms with Crippen LogP contribution in [0.1, 0.15) is 26.2 Å². The van der Waals surface area contributed by atoms with E-state index < -0.39 is 0 Å². The maximum absolute atomic E-state index is 3.68. The summed E-state index contributed by atoms with van der Waals surface area (Å²) in [6.45, 7) is 5.85. The van der Waals surface area contributed by atoms with Crippen molar-refractivity contribution in [2.75, 3.05) is 0 Å². The second kappa shape index (κ2) is 8.21. The van der Waals surface area contributed by atoms with Crippen molar-refractivity contribution < 1.29 is 0 Å². The predicted octanol–water partition coefficient (Wildman–Crippen LogP) is 2.42. The summed E-state index contributed by atoms with van der Waals surface area (Å²) in [6.07, 6.45) is 8.74. The van der Waals surface area contributed by atoms with Crippen molar-refractivity contribution >= 4 is 0 Å². The molecule has 10 heavy (non-hydrogen) atoms. The fourth-order valence-electron chi connectivity index (χ4n) is 0.465. The van der Waals surface area contributed by atoms with Crippen LogP contribution in [0, 0.1) is 6.92 Å². The molecule has 1 N–H and O–H groups in total. The third-order valence-corrected chi connectivity index (χ3v) is 1.01. The fourth-order valence-corrected chi connectivity index (χ4v) is 0.465. The molecule has 2 heteroatoms. The van der Waals surface area contributed by atoms with E-state index >= 15 is 0 Å². The zero-order valence-corrected chi connectivity index (χ0v) is 6.51. The molecule has 1 aromatic rings. The van der Waals surface area contributed by atoms with Gasteiger partial charge in [-0.25, -0.2) is 4.98 Å². The van der Waals surface area contributed by atoms with Gasteiger partial charge in [-0.3, -0.25) is 0 Å². The Balaban J connectivity index is 0.000000162. The number of unbranched alkanes of at least 4 members (excludes halogenated alkanes) is 2. The van der Waals surface area contributed by atoms with Crippen molar-refractivity contribution in [3.63, 3.8) is 0 Å². The summed E-state index contributed by atoms with van der Waals surface area (Å²) in [7, 11) is 0. The fraction of sp³-hybridized carbons (Fsp3) is 0.500. The highest BCUT2D eigenvalue weighted by Gasteiger charge is 1.68. The number of hydrogen-bond donors (Lipinski definition) is 1. The van der Waals surface area contributed by atoms with Crippen LogP contribution >= 0.6 is 0 Å². The Morgan fingerprint density at radius 1 is 1.60 bits per heavy atom. The highest BCUT2D eigenvalue weighted by Crippen LogP contribution is 1.87. The molecule has 0 spiro atoms. The summed E-state index contributed by atoms with van der Waals surface area (Å²) in [6, 6.07) is 0. The lowest BCUT2D eigenvalue weighted by Gasteiger charge is -1.79. The van der Waals surface area contributed by atoms with Gasteiger partial charge in [0.05, 0.1) is 6.33 Å². The van der Waals surface area contributed by atoms with Gasteiger partial charge in [0.2, 0.25) is 0 Å². The molecule has 0 saturated heterocycles. The minimum atomic E-state index is 1.09. The van der Waals surface area contributed by atoms with Gasteiger partial charge in [-0.2, -0.15) is 0 Å². The Labute approximate surface area is 62.7 Å². The van der Waals surface area contributed by atoms with Crippen LogP contribution in [-0.4, -0.2) is 9.97 Å².